The maximum atomic E-state index is 12.0. The molecule has 2 aromatic carbocycles. The van der Waals surface area contributed by atoms with Crippen LogP contribution in [0.1, 0.15) is 22.6 Å². The van der Waals surface area contributed by atoms with Crippen molar-refractivity contribution in [3.63, 3.8) is 0 Å². The van der Waals surface area contributed by atoms with Gasteiger partial charge in [-0.3, -0.25) is 4.79 Å². The van der Waals surface area contributed by atoms with Crippen LogP contribution in [0.3, 0.4) is 0 Å². The summed E-state index contributed by atoms with van der Waals surface area (Å²) >= 11 is 0. The highest BCUT2D eigenvalue weighted by atomic mass is 16.5. The van der Waals surface area contributed by atoms with Crippen molar-refractivity contribution in [2.24, 2.45) is 0 Å². The predicted molar refractivity (Wildman–Crippen MR) is 106 cm³/mol. The van der Waals surface area contributed by atoms with Crippen LogP contribution in [0, 0.1) is 11.8 Å². The molecular formula is C22H17N3O4. The van der Waals surface area contributed by atoms with Gasteiger partial charge in [0.05, 0.1) is 12.9 Å². The minimum atomic E-state index is -0.606. The highest BCUT2D eigenvalue weighted by Gasteiger charge is 2.28. The normalized spacial score (nSPS) is 11.7. The first-order valence-corrected chi connectivity index (χ1v) is 8.99. The molecule has 0 radical (unpaired) electrons. The van der Waals surface area contributed by atoms with Crippen molar-refractivity contribution in [3.8, 4) is 28.8 Å². The van der Waals surface area contributed by atoms with Gasteiger partial charge in [-0.15, -0.1) is 0 Å². The number of rotatable bonds is 3. The average molecular weight is 387 g/mol. The second-order valence-electron chi connectivity index (χ2n) is 6.41. The lowest BCUT2D eigenvalue weighted by Crippen LogP contribution is -2.26. The standard InChI is InChI=1S/C22H17N3O4/c26-20-18(21(27)25-13-24-20)10-5-11-23-22(28)29-12-19-16-8-3-1-6-14(16)15-7-2-4-9-17(15)19/h1-4,6-9,13,19H,11-12H2,(H,23,28)(H2,24,25,26,27). The molecule has 7 heteroatoms. The number of aromatic nitrogens is 2. The number of carbonyl (C=O) groups is 1. The van der Waals surface area contributed by atoms with Crippen molar-refractivity contribution < 1.29 is 14.6 Å². The van der Waals surface area contributed by atoms with Gasteiger partial charge in [0.25, 0.3) is 5.56 Å². The average Bonchev–Trinajstić information content (AvgIpc) is 3.05. The fourth-order valence-electron chi connectivity index (χ4n) is 3.40. The van der Waals surface area contributed by atoms with E-state index in [1.165, 1.54) is 0 Å². The molecule has 0 saturated carbocycles. The van der Waals surface area contributed by atoms with Crippen LogP contribution >= 0.6 is 0 Å². The Labute approximate surface area is 166 Å². The number of fused-ring (bicyclic) bond motifs is 3. The molecule has 4 rings (SSSR count). The topological polar surface area (TPSA) is 104 Å². The van der Waals surface area contributed by atoms with Crippen molar-refractivity contribution in [1.82, 2.24) is 15.3 Å². The Bertz CT molecular complexity index is 1140. The van der Waals surface area contributed by atoms with Crippen LogP contribution < -0.4 is 10.9 Å². The Hall–Kier alpha value is -4.05. The van der Waals surface area contributed by atoms with Crippen molar-refractivity contribution in [3.05, 3.63) is 81.9 Å². The van der Waals surface area contributed by atoms with Crippen LogP contribution in [0.4, 0.5) is 4.79 Å². The zero-order valence-corrected chi connectivity index (χ0v) is 15.3. The molecule has 3 N–H and O–H groups in total. The maximum Gasteiger partial charge on any atom is 0.407 e. The Balaban J connectivity index is 1.38. The third-order valence-electron chi connectivity index (χ3n) is 4.71. The van der Waals surface area contributed by atoms with E-state index in [0.717, 1.165) is 28.6 Å². The number of alkyl carbamates (subject to hydrolysis) is 1. The summed E-state index contributed by atoms with van der Waals surface area (Å²) in [5, 5.41) is 12.0. The number of nitrogens with one attached hydrogen (secondary N) is 2. The number of amides is 1. The van der Waals surface area contributed by atoms with Crippen LogP contribution in [-0.2, 0) is 4.74 Å². The molecule has 144 valence electrons. The molecule has 0 atom stereocenters. The first-order chi connectivity index (χ1) is 14.1. The molecule has 0 fully saturated rings. The quantitative estimate of drug-likeness (QED) is 0.599. The second kappa shape index (κ2) is 7.90. The summed E-state index contributed by atoms with van der Waals surface area (Å²) in [7, 11) is 0. The molecule has 1 amide bonds. The van der Waals surface area contributed by atoms with Gasteiger partial charge >= 0.3 is 6.09 Å². The summed E-state index contributed by atoms with van der Waals surface area (Å²) in [6.07, 6.45) is 0.475. The van der Waals surface area contributed by atoms with Crippen molar-refractivity contribution in [1.29, 1.82) is 0 Å². The van der Waals surface area contributed by atoms with Gasteiger partial charge in [-0.2, -0.15) is 0 Å². The molecule has 7 nitrogen and oxygen atoms in total. The van der Waals surface area contributed by atoms with Crippen molar-refractivity contribution in [2.75, 3.05) is 13.2 Å². The smallest absolute Gasteiger partial charge is 0.407 e. The lowest BCUT2D eigenvalue weighted by Gasteiger charge is -2.14. The summed E-state index contributed by atoms with van der Waals surface area (Å²) in [5.74, 6) is 4.60. The third kappa shape index (κ3) is 3.69. The Morgan fingerprint density at radius 3 is 2.45 bits per heavy atom. The molecule has 1 aliphatic rings. The van der Waals surface area contributed by atoms with E-state index < -0.39 is 17.5 Å². The number of H-pyrrole nitrogens is 1. The van der Waals surface area contributed by atoms with Gasteiger partial charge in [0.15, 0.2) is 5.56 Å². The Morgan fingerprint density at radius 2 is 1.79 bits per heavy atom. The highest BCUT2D eigenvalue weighted by molar-refractivity contribution is 5.79. The van der Waals surface area contributed by atoms with Gasteiger partial charge in [0, 0.05) is 5.92 Å². The van der Waals surface area contributed by atoms with Gasteiger partial charge in [0.2, 0.25) is 5.88 Å². The molecule has 0 saturated heterocycles. The van der Waals surface area contributed by atoms with Gasteiger partial charge < -0.3 is 20.1 Å². The van der Waals surface area contributed by atoms with Crippen molar-refractivity contribution >= 4 is 6.09 Å². The number of carbonyl (C=O) groups excluding carboxylic acids is 1. The molecule has 1 heterocycles. The van der Waals surface area contributed by atoms with E-state index in [9.17, 15) is 14.7 Å². The molecular weight excluding hydrogens is 370 g/mol. The van der Waals surface area contributed by atoms with Gasteiger partial charge in [0.1, 0.15) is 6.61 Å². The third-order valence-corrected chi connectivity index (χ3v) is 4.71. The highest BCUT2D eigenvalue weighted by Crippen LogP contribution is 2.44. The number of aromatic hydroxyl groups is 1. The molecule has 0 bridgehead atoms. The predicted octanol–water partition coefficient (Wildman–Crippen LogP) is 2.37. The minimum Gasteiger partial charge on any atom is -0.492 e. The zero-order chi connectivity index (χ0) is 20.2. The first-order valence-electron chi connectivity index (χ1n) is 8.99. The summed E-state index contributed by atoms with van der Waals surface area (Å²) in [6.45, 7) is 0.167. The molecule has 1 aromatic heterocycles. The fourth-order valence-corrected chi connectivity index (χ4v) is 3.40. The van der Waals surface area contributed by atoms with Crippen LogP contribution in [0.25, 0.3) is 11.1 Å². The Morgan fingerprint density at radius 1 is 1.14 bits per heavy atom. The zero-order valence-electron chi connectivity index (χ0n) is 15.3. The lowest BCUT2D eigenvalue weighted by molar-refractivity contribution is 0.144. The minimum absolute atomic E-state index is 0.0230. The molecule has 0 unspecified atom stereocenters. The largest absolute Gasteiger partial charge is 0.492 e. The molecule has 0 aliphatic heterocycles. The van der Waals surface area contributed by atoms with Crippen LogP contribution in [-0.4, -0.2) is 34.3 Å². The van der Waals surface area contributed by atoms with E-state index in [1.807, 2.05) is 36.4 Å². The van der Waals surface area contributed by atoms with E-state index in [0.29, 0.717) is 0 Å². The Kier molecular flexibility index (Phi) is 4.99. The summed E-state index contributed by atoms with van der Waals surface area (Å²) < 4.78 is 5.39. The van der Waals surface area contributed by atoms with Crippen molar-refractivity contribution in [2.45, 2.75) is 5.92 Å². The van der Waals surface area contributed by atoms with E-state index in [-0.39, 0.29) is 24.6 Å². The van der Waals surface area contributed by atoms with E-state index in [2.05, 4.69) is 39.3 Å². The number of nitrogens with zero attached hydrogens (tertiary/aromatic N) is 1. The molecule has 29 heavy (non-hydrogen) atoms. The van der Waals surface area contributed by atoms with Crippen LogP contribution in [0.15, 0.2) is 59.7 Å². The first kappa shape index (κ1) is 18.3. The molecule has 1 aliphatic carbocycles. The number of aromatic amines is 1. The number of hydrogen-bond acceptors (Lipinski definition) is 5. The van der Waals surface area contributed by atoms with Crippen LogP contribution in [0.5, 0.6) is 5.88 Å². The number of ether oxygens (including phenoxy) is 1. The molecule has 3 aromatic rings. The summed E-state index contributed by atoms with van der Waals surface area (Å²) in [6, 6.07) is 16.2. The molecule has 0 spiro atoms. The monoisotopic (exact) mass is 387 g/mol. The SMILES string of the molecule is O=C(NCC#Cc1c(O)nc[nH]c1=O)OCC1c2ccccc2-c2ccccc21. The van der Waals surface area contributed by atoms with E-state index >= 15 is 0 Å². The van der Waals surface area contributed by atoms with E-state index in [4.69, 9.17) is 4.74 Å². The summed E-state index contributed by atoms with van der Waals surface area (Å²) in [4.78, 5) is 29.5. The van der Waals surface area contributed by atoms with Gasteiger partial charge in [-0.05, 0) is 22.3 Å². The fraction of sp³-hybridized carbons (Fsp3) is 0.136. The van der Waals surface area contributed by atoms with Crippen LogP contribution in [0.2, 0.25) is 0 Å². The summed E-state index contributed by atoms with van der Waals surface area (Å²) in [5.41, 5.74) is 3.88. The number of hydrogen-bond donors (Lipinski definition) is 3. The maximum absolute atomic E-state index is 12.0. The van der Waals surface area contributed by atoms with Gasteiger partial charge in [-0.1, -0.05) is 60.4 Å². The second-order valence-corrected chi connectivity index (χ2v) is 6.41. The lowest BCUT2D eigenvalue weighted by atomic mass is 9.98. The van der Waals surface area contributed by atoms with Gasteiger partial charge in [-0.25, -0.2) is 9.78 Å². The number of benzene rings is 2. The van der Waals surface area contributed by atoms with E-state index in [1.54, 1.807) is 0 Å².